The number of thiophene rings is 1. The first-order valence-electron chi connectivity index (χ1n) is 8.46. The molecular formula is C21H17O4PS. The van der Waals surface area contributed by atoms with Gasteiger partial charge in [-0.2, -0.15) is 0 Å². The van der Waals surface area contributed by atoms with Crippen LogP contribution in [0.3, 0.4) is 0 Å². The average Bonchev–Trinajstić information content (AvgIpc) is 3.03. The van der Waals surface area contributed by atoms with Crippen molar-refractivity contribution in [2.24, 2.45) is 0 Å². The third-order valence-electron chi connectivity index (χ3n) is 4.55. The van der Waals surface area contributed by atoms with E-state index in [9.17, 15) is 19.1 Å². The Morgan fingerprint density at radius 3 is 2.26 bits per heavy atom. The van der Waals surface area contributed by atoms with Gasteiger partial charge in [0.1, 0.15) is 0 Å². The summed E-state index contributed by atoms with van der Waals surface area (Å²) in [5, 5.41) is 2.94. The highest BCUT2D eigenvalue weighted by Crippen LogP contribution is 2.54. The van der Waals surface area contributed by atoms with E-state index in [-0.39, 0.29) is 6.42 Å². The minimum absolute atomic E-state index is 0.0190. The molecule has 0 bridgehead atoms. The minimum atomic E-state index is -4.63. The molecule has 27 heavy (non-hydrogen) atoms. The monoisotopic (exact) mass is 396 g/mol. The molecule has 0 spiro atoms. The van der Waals surface area contributed by atoms with Gasteiger partial charge in [0, 0.05) is 16.0 Å². The van der Waals surface area contributed by atoms with Crippen molar-refractivity contribution >= 4 is 45.6 Å². The van der Waals surface area contributed by atoms with E-state index in [1.54, 1.807) is 6.07 Å². The molecule has 0 aliphatic heterocycles. The van der Waals surface area contributed by atoms with E-state index in [0.717, 1.165) is 26.4 Å². The number of rotatable bonds is 5. The lowest BCUT2D eigenvalue weighted by molar-refractivity contribution is -0.118. The van der Waals surface area contributed by atoms with E-state index in [1.165, 1.54) is 11.3 Å². The van der Waals surface area contributed by atoms with Crippen LogP contribution in [0.4, 0.5) is 0 Å². The van der Waals surface area contributed by atoms with Gasteiger partial charge in [0.2, 0.25) is 0 Å². The first-order valence-corrected chi connectivity index (χ1v) is 11.0. The smallest absolute Gasteiger partial charge is 0.324 e. The zero-order valence-electron chi connectivity index (χ0n) is 14.3. The molecule has 6 heteroatoms. The van der Waals surface area contributed by atoms with Gasteiger partial charge in [0.15, 0.2) is 11.4 Å². The summed E-state index contributed by atoms with van der Waals surface area (Å²) < 4.78 is 13.0. The Morgan fingerprint density at radius 2 is 1.56 bits per heavy atom. The predicted molar refractivity (Wildman–Crippen MR) is 109 cm³/mol. The summed E-state index contributed by atoms with van der Waals surface area (Å²) >= 11 is 1.26. The van der Waals surface area contributed by atoms with Crippen molar-refractivity contribution in [3.63, 3.8) is 0 Å². The third kappa shape index (κ3) is 3.73. The lowest BCUT2D eigenvalue weighted by Crippen LogP contribution is -2.14. The molecule has 0 fully saturated rings. The van der Waals surface area contributed by atoms with Gasteiger partial charge in [-0.05, 0) is 33.9 Å². The van der Waals surface area contributed by atoms with Crippen LogP contribution in [0.25, 0.3) is 20.9 Å². The van der Waals surface area contributed by atoms with E-state index in [1.807, 2.05) is 66.7 Å². The molecule has 1 unspecified atom stereocenters. The van der Waals surface area contributed by atoms with Gasteiger partial charge in [0.05, 0.1) is 0 Å². The first kappa shape index (κ1) is 18.1. The number of benzene rings is 3. The molecule has 4 aromatic rings. The van der Waals surface area contributed by atoms with Crippen LogP contribution in [0.2, 0.25) is 0 Å². The molecule has 0 aliphatic carbocycles. The normalized spacial score (nSPS) is 13.1. The van der Waals surface area contributed by atoms with Crippen LogP contribution < -0.4 is 0 Å². The van der Waals surface area contributed by atoms with E-state index < -0.39 is 19.0 Å². The molecule has 136 valence electrons. The Balaban J connectivity index is 1.69. The van der Waals surface area contributed by atoms with E-state index in [2.05, 4.69) is 0 Å². The second-order valence-electron chi connectivity index (χ2n) is 6.50. The predicted octanol–water partition coefficient (Wildman–Crippen LogP) is 5.09. The molecule has 1 atom stereocenters. The summed E-state index contributed by atoms with van der Waals surface area (Å²) in [4.78, 5) is 33.0. The Hall–Kier alpha value is -2.30. The molecule has 4 rings (SSSR count). The third-order valence-corrected chi connectivity index (χ3v) is 7.14. The zero-order valence-corrected chi connectivity index (χ0v) is 16.0. The highest BCUT2D eigenvalue weighted by atomic mass is 32.1. The molecule has 1 aromatic heterocycles. The first-order chi connectivity index (χ1) is 12.9. The quantitative estimate of drug-likeness (QED) is 0.461. The molecule has 2 N–H and O–H groups in total. The molecular weight excluding hydrogens is 379 g/mol. The Kier molecular flexibility index (Phi) is 4.70. The summed E-state index contributed by atoms with van der Waals surface area (Å²) in [5.74, 6) is -0.467. The summed E-state index contributed by atoms with van der Waals surface area (Å²) in [6, 6.07) is 22.7. The van der Waals surface area contributed by atoms with Crippen LogP contribution in [0, 0.1) is 0 Å². The number of carbonyl (C=O) groups is 1. The Morgan fingerprint density at radius 1 is 0.889 bits per heavy atom. The standard InChI is InChI=1S/C21H17O4PS/c22-18(12-14-9-10-15-5-1-2-6-16(15)11-14)21(26(23,24)25)20-13-17-7-3-4-8-19(17)27-20/h1-11,13,21H,12H2,(H2,23,24,25). The van der Waals surface area contributed by atoms with Crippen molar-refractivity contribution in [2.45, 2.75) is 12.1 Å². The van der Waals surface area contributed by atoms with Gasteiger partial charge in [0.25, 0.3) is 0 Å². The fraction of sp³-hybridized carbons (Fsp3) is 0.0952. The van der Waals surface area contributed by atoms with Gasteiger partial charge in [-0.25, -0.2) is 0 Å². The van der Waals surface area contributed by atoms with Crippen LogP contribution in [-0.4, -0.2) is 15.6 Å². The van der Waals surface area contributed by atoms with E-state index in [0.29, 0.717) is 4.88 Å². The maximum atomic E-state index is 12.9. The molecule has 0 saturated carbocycles. The van der Waals surface area contributed by atoms with Crippen molar-refractivity contribution < 1.29 is 19.1 Å². The number of carbonyl (C=O) groups excluding carboxylic acids is 1. The van der Waals surface area contributed by atoms with Crippen molar-refractivity contribution in [3.05, 3.63) is 83.2 Å². The van der Waals surface area contributed by atoms with Gasteiger partial charge in [-0.1, -0.05) is 60.7 Å². The van der Waals surface area contributed by atoms with Gasteiger partial charge in [-0.3, -0.25) is 9.36 Å². The van der Waals surface area contributed by atoms with Crippen molar-refractivity contribution in [3.8, 4) is 0 Å². The maximum Gasteiger partial charge on any atom is 0.341 e. The summed E-state index contributed by atoms with van der Waals surface area (Å²) in [6.45, 7) is 0. The van der Waals surface area contributed by atoms with E-state index >= 15 is 0 Å². The Labute approximate surface area is 160 Å². The molecule has 1 heterocycles. The van der Waals surface area contributed by atoms with Crippen LogP contribution in [0.5, 0.6) is 0 Å². The average molecular weight is 396 g/mol. The second kappa shape index (κ2) is 7.02. The molecule has 0 aliphatic rings. The number of hydrogen-bond donors (Lipinski definition) is 2. The van der Waals surface area contributed by atoms with Gasteiger partial charge in [-0.15, -0.1) is 11.3 Å². The summed E-state index contributed by atoms with van der Waals surface area (Å²) in [5.41, 5.74) is -0.681. The van der Waals surface area contributed by atoms with Gasteiger partial charge >= 0.3 is 7.60 Å². The molecule has 0 amide bonds. The van der Waals surface area contributed by atoms with Crippen molar-refractivity contribution in [1.82, 2.24) is 0 Å². The second-order valence-corrected chi connectivity index (χ2v) is 9.31. The number of hydrogen-bond acceptors (Lipinski definition) is 3. The lowest BCUT2D eigenvalue weighted by Gasteiger charge is -2.16. The summed E-state index contributed by atoms with van der Waals surface area (Å²) in [6.07, 6.45) is -0.0190. The van der Waals surface area contributed by atoms with Gasteiger partial charge < -0.3 is 9.79 Å². The van der Waals surface area contributed by atoms with Crippen LogP contribution in [0.15, 0.2) is 72.8 Å². The minimum Gasteiger partial charge on any atom is -0.324 e. The zero-order chi connectivity index (χ0) is 19.0. The highest BCUT2D eigenvalue weighted by molar-refractivity contribution is 7.53. The van der Waals surface area contributed by atoms with Crippen LogP contribution in [-0.2, 0) is 15.8 Å². The molecule has 3 aromatic carbocycles. The molecule has 4 nitrogen and oxygen atoms in total. The Bertz CT molecular complexity index is 1160. The van der Waals surface area contributed by atoms with E-state index in [4.69, 9.17) is 0 Å². The number of Topliss-reactive ketones (excluding diaryl/α,β-unsaturated/α-hetero) is 1. The molecule has 0 saturated heterocycles. The fourth-order valence-corrected chi connectivity index (χ4v) is 5.81. The maximum absolute atomic E-state index is 12.9. The number of fused-ring (bicyclic) bond motifs is 2. The van der Waals surface area contributed by atoms with Crippen molar-refractivity contribution in [2.75, 3.05) is 0 Å². The molecule has 0 radical (unpaired) electrons. The van der Waals surface area contributed by atoms with Crippen LogP contribution >= 0.6 is 18.9 Å². The summed E-state index contributed by atoms with van der Waals surface area (Å²) in [7, 11) is -4.63. The fourth-order valence-electron chi connectivity index (χ4n) is 3.30. The lowest BCUT2D eigenvalue weighted by atomic mass is 10.0. The largest absolute Gasteiger partial charge is 0.341 e. The number of ketones is 1. The SMILES string of the molecule is O=C(Cc1ccc2ccccc2c1)C(c1cc2ccccc2s1)P(=O)(O)O. The van der Waals surface area contributed by atoms with Crippen molar-refractivity contribution in [1.29, 1.82) is 0 Å². The van der Waals surface area contributed by atoms with Crippen LogP contribution in [0.1, 0.15) is 16.1 Å². The topological polar surface area (TPSA) is 74.6 Å². The highest BCUT2D eigenvalue weighted by Gasteiger charge is 2.38.